The van der Waals surface area contributed by atoms with Crippen molar-refractivity contribution in [1.29, 1.82) is 0 Å². The molecule has 11 nitrogen and oxygen atoms in total. The van der Waals surface area contributed by atoms with E-state index in [4.69, 9.17) is 9.47 Å². The third-order valence-electron chi connectivity index (χ3n) is 5.19. The summed E-state index contributed by atoms with van der Waals surface area (Å²) in [7, 11) is 0. The molecule has 0 radical (unpaired) electrons. The van der Waals surface area contributed by atoms with Gasteiger partial charge in [-0.1, -0.05) is 6.92 Å². The smallest absolute Gasteiger partial charge is 0.407 e. The van der Waals surface area contributed by atoms with Crippen LogP contribution in [0.1, 0.15) is 46.6 Å². The fourth-order valence-electron chi connectivity index (χ4n) is 3.41. The van der Waals surface area contributed by atoms with E-state index in [1.807, 2.05) is 0 Å². The summed E-state index contributed by atoms with van der Waals surface area (Å²) < 4.78 is 10.3. The molecule has 1 aliphatic heterocycles. The average Bonchev–Trinajstić information content (AvgIpc) is 2.68. The molecule has 1 heterocycles. The number of ketones is 1. The Labute approximate surface area is 191 Å². The van der Waals surface area contributed by atoms with Crippen molar-refractivity contribution >= 4 is 29.4 Å². The number of hydrogen-bond acceptors (Lipinski definition) is 8. The van der Waals surface area contributed by atoms with Crippen molar-refractivity contribution in [1.82, 2.24) is 10.6 Å². The van der Waals surface area contributed by atoms with Crippen molar-refractivity contribution in [2.45, 2.75) is 65.3 Å². The third kappa shape index (κ3) is 7.26. The lowest BCUT2D eigenvalue weighted by atomic mass is 9.76. The zero-order valence-electron chi connectivity index (χ0n) is 19.2. The number of esters is 1. The zero-order valence-corrected chi connectivity index (χ0v) is 19.2. The number of β-lactam (4-membered cyclic amide) rings is 1. The molecule has 0 saturated carbocycles. The molecule has 4 atom stereocenters. The third-order valence-corrected chi connectivity index (χ3v) is 5.19. The molecule has 1 saturated heterocycles. The van der Waals surface area contributed by atoms with Gasteiger partial charge < -0.3 is 20.1 Å². The summed E-state index contributed by atoms with van der Waals surface area (Å²) in [5.41, 5.74) is -0.229. The predicted octanol–water partition coefficient (Wildman–Crippen LogP) is 2.26. The molecular weight excluding hydrogens is 434 g/mol. The first kappa shape index (κ1) is 25.8. The van der Waals surface area contributed by atoms with Gasteiger partial charge in [0, 0.05) is 24.1 Å². The monoisotopic (exact) mass is 463 g/mol. The molecule has 0 aliphatic carbocycles. The van der Waals surface area contributed by atoms with E-state index in [0.717, 1.165) is 0 Å². The van der Waals surface area contributed by atoms with Gasteiger partial charge in [0.25, 0.3) is 5.69 Å². The highest BCUT2D eigenvalue weighted by molar-refractivity contribution is 5.98. The molecule has 2 amide bonds. The Morgan fingerprint density at radius 3 is 2.30 bits per heavy atom. The Morgan fingerprint density at radius 1 is 1.18 bits per heavy atom. The van der Waals surface area contributed by atoms with Crippen LogP contribution in [0, 0.1) is 22.0 Å². The predicted molar refractivity (Wildman–Crippen MR) is 116 cm³/mol. The fraction of sp³-hybridized carbons (Fsp3) is 0.545. The van der Waals surface area contributed by atoms with Gasteiger partial charge in [-0.25, -0.2) is 4.79 Å². The van der Waals surface area contributed by atoms with Gasteiger partial charge in [-0.05, 0) is 45.4 Å². The van der Waals surface area contributed by atoms with Crippen LogP contribution < -0.4 is 10.6 Å². The highest BCUT2D eigenvalue weighted by Crippen LogP contribution is 2.27. The number of nitro groups is 1. The first-order valence-electron chi connectivity index (χ1n) is 10.5. The molecule has 2 N–H and O–H groups in total. The van der Waals surface area contributed by atoms with Crippen LogP contribution in [0.3, 0.4) is 0 Å². The maximum atomic E-state index is 12.6. The second-order valence-electron chi connectivity index (χ2n) is 9.01. The van der Waals surface area contributed by atoms with E-state index in [1.54, 1.807) is 34.6 Å². The minimum absolute atomic E-state index is 0.0819. The van der Waals surface area contributed by atoms with E-state index < -0.39 is 58.7 Å². The van der Waals surface area contributed by atoms with E-state index in [1.165, 1.54) is 24.3 Å². The number of hydrogen-bond donors (Lipinski definition) is 2. The SMILES string of the molecule is C[C@@H](NC(=O)OC(C)(C)C)[C@H]1C(=O)N[C@@H]1[C@@H](C)C(=O)CC(=O)OCc1ccc([N+](=O)[O-])cc1. The summed E-state index contributed by atoms with van der Waals surface area (Å²) in [6.07, 6.45) is -1.15. The number of amides is 2. The Morgan fingerprint density at radius 2 is 1.79 bits per heavy atom. The lowest BCUT2D eigenvalue weighted by Gasteiger charge is -2.43. The number of non-ortho nitro benzene ring substituents is 1. The van der Waals surface area contributed by atoms with E-state index in [0.29, 0.717) is 5.56 Å². The average molecular weight is 463 g/mol. The standard InChI is InChI=1S/C22H29N3O8/c1-12(19-18(20(28)24-19)13(2)23-21(29)33-22(3,4)5)16(26)10-17(27)32-11-14-6-8-15(9-7-14)25(30)31/h6-9,12-13,18-19H,10-11H2,1-5H3,(H,23,29)(H,24,28)/t12-,13+,18+,19+/m0/s1. The normalized spacial score (nSPS) is 19.4. The number of rotatable bonds is 9. The van der Waals surface area contributed by atoms with Crippen molar-refractivity contribution < 1.29 is 33.6 Å². The number of carbonyl (C=O) groups is 4. The van der Waals surface area contributed by atoms with Crippen LogP contribution in [-0.4, -0.2) is 46.4 Å². The summed E-state index contributed by atoms with van der Waals surface area (Å²) in [5.74, 6) is -2.78. The lowest BCUT2D eigenvalue weighted by molar-refractivity contribution is -0.384. The number of nitro benzene ring substituents is 1. The molecule has 2 rings (SSSR count). The second kappa shape index (κ2) is 10.4. The van der Waals surface area contributed by atoms with Crippen LogP contribution in [-0.2, 0) is 30.5 Å². The summed E-state index contributed by atoms with van der Waals surface area (Å²) >= 11 is 0. The van der Waals surface area contributed by atoms with Crippen LogP contribution in [0.15, 0.2) is 24.3 Å². The van der Waals surface area contributed by atoms with Crippen molar-refractivity contribution in [3.63, 3.8) is 0 Å². The Bertz CT molecular complexity index is 923. The molecule has 0 bridgehead atoms. The largest absolute Gasteiger partial charge is 0.460 e. The molecule has 1 aromatic rings. The van der Waals surface area contributed by atoms with Crippen molar-refractivity contribution in [3.8, 4) is 0 Å². The van der Waals surface area contributed by atoms with Gasteiger partial charge in [0.1, 0.15) is 24.4 Å². The van der Waals surface area contributed by atoms with Crippen molar-refractivity contribution in [2.24, 2.45) is 11.8 Å². The topological polar surface area (TPSA) is 154 Å². The fourth-order valence-corrected chi connectivity index (χ4v) is 3.41. The number of nitrogens with one attached hydrogen (secondary N) is 2. The van der Waals surface area contributed by atoms with Gasteiger partial charge >= 0.3 is 12.1 Å². The molecule has 0 aromatic heterocycles. The quantitative estimate of drug-likeness (QED) is 0.186. The summed E-state index contributed by atoms with van der Waals surface area (Å²) in [5, 5.41) is 15.9. The number of Topliss-reactive ketones (excluding diaryl/α,β-unsaturated/α-hetero) is 1. The summed E-state index contributed by atoms with van der Waals surface area (Å²) in [6, 6.07) is 4.39. The van der Waals surface area contributed by atoms with Crippen LogP contribution in [0.2, 0.25) is 0 Å². The van der Waals surface area contributed by atoms with E-state index in [9.17, 15) is 29.3 Å². The van der Waals surface area contributed by atoms with Crippen molar-refractivity contribution in [2.75, 3.05) is 0 Å². The van der Waals surface area contributed by atoms with Gasteiger partial charge in [0.15, 0.2) is 0 Å². The molecule has 1 aromatic carbocycles. The van der Waals surface area contributed by atoms with Crippen LogP contribution in [0.4, 0.5) is 10.5 Å². The van der Waals surface area contributed by atoms with Crippen LogP contribution in [0.25, 0.3) is 0 Å². The molecular formula is C22H29N3O8. The van der Waals surface area contributed by atoms with Gasteiger partial charge in [-0.15, -0.1) is 0 Å². The molecule has 1 fully saturated rings. The minimum Gasteiger partial charge on any atom is -0.460 e. The van der Waals surface area contributed by atoms with Gasteiger partial charge in [0.2, 0.25) is 5.91 Å². The molecule has 180 valence electrons. The highest BCUT2D eigenvalue weighted by Gasteiger charge is 2.48. The number of ether oxygens (including phenoxy) is 2. The first-order valence-corrected chi connectivity index (χ1v) is 10.5. The number of nitrogens with zero attached hydrogens (tertiary/aromatic N) is 1. The molecule has 0 spiro atoms. The second-order valence-corrected chi connectivity index (χ2v) is 9.01. The number of carbonyl (C=O) groups excluding carboxylic acids is 4. The molecule has 11 heteroatoms. The summed E-state index contributed by atoms with van der Waals surface area (Å²) in [6.45, 7) is 8.28. The van der Waals surface area contributed by atoms with Gasteiger partial charge in [0.05, 0.1) is 16.9 Å². The number of benzene rings is 1. The van der Waals surface area contributed by atoms with E-state index in [-0.39, 0.29) is 18.2 Å². The zero-order chi connectivity index (χ0) is 24.9. The minimum atomic E-state index is -0.743. The number of alkyl carbamates (subject to hydrolysis) is 1. The molecule has 0 unspecified atom stereocenters. The van der Waals surface area contributed by atoms with Gasteiger partial charge in [-0.3, -0.25) is 24.5 Å². The Kier molecular flexibility index (Phi) is 8.13. The van der Waals surface area contributed by atoms with E-state index >= 15 is 0 Å². The Balaban J connectivity index is 1.86. The molecule has 33 heavy (non-hydrogen) atoms. The maximum absolute atomic E-state index is 12.6. The maximum Gasteiger partial charge on any atom is 0.407 e. The first-order chi connectivity index (χ1) is 15.3. The summed E-state index contributed by atoms with van der Waals surface area (Å²) in [4.78, 5) is 58.8. The molecule has 1 aliphatic rings. The van der Waals surface area contributed by atoms with Crippen molar-refractivity contribution in [3.05, 3.63) is 39.9 Å². The van der Waals surface area contributed by atoms with Crippen LogP contribution >= 0.6 is 0 Å². The highest BCUT2D eigenvalue weighted by atomic mass is 16.6. The van der Waals surface area contributed by atoms with Gasteiger partial charge in [-0.2, -0.15) is 0 Å². The Hall–Kier alpha value is -3.50. The van der Waals surface area contributed by atoms with E-state index in [2.05, 4.69) is 10.6 Å². The van der Waals surface area contributed by atoms with Crippen LogP contribution in [0.5, 0.6) is 0 Å². The lowest BCUT2D eigenvalue weighted by Crippen LogP contribution is -2.67.